The van der Waals surface area contributed by atoms with E-state index in [0.717, 1.165) is 11.4 Å². The summed E-state index contributed by atoms with van der Waals surface area (Å²) in [5.41, 5.74) is 6.36. The van der Waals surface area contributed by atoms with Crippen LogP contribution in [0.5, 0.6) is 11.5 Å². The van der Waals surface area contributed by atoms with E-state index >= 15 is 0 Å². The Morgan fingerprint density at radius 2 is 1.94 bits per heavy atom. The number of hydrogen-bond acceptors (Lipinski definition) is 6. The molecule has 2 aromatic rings. The summed E-state index contributed by atoms with van der Waals surface area (Å²) in [4.78, 5) is 7.89. The van der Waals surface area contributed by atoms with Crippen LogP contribution in [0.4, 0.5) is 17.3 Å². The van der Waals surface area contributed by atoms with Gasteiger partial charge >= 0.3 is 0 Å². The topological polar surface area (TPSA) is 82.3 Å². The minimum absolute atomic E-state index is 0.403. The highest BCUT2D eigenvalue weighted by atomic mass is 16.5. The second kappa shape index (κ2) is 5.22. The zero-order chi connectivity index (χ0) is 13.0. The van der Waals surface area contributed by atoms with Crippen LogP contribution in [0.15, 0.2) is 30.6 Å². The van der Waals surface area contributed by atoms with Gasteiger partial charge in [-0.05, 0) is 12.1 Å². The van der Waals surface area contributed by atoms with Gasteiger partial charge in [-0.3, -0.25) is 0 Å². The van der Waals surface area contributed by atoms with E-state index in [4.69, 9.17) is 15.2 Å². The maximum atomic E-state index is 5.59. The number of nitrogen functional groups attached to an aromatic ring is 1. The Morgan fingerprint density at radius 3 is 2.61 bits per heavy atom. The van der Waals surface area contributed by atoms with Gasteiger partial charge in [-0.1, -0.05) is 0 Å². The van der Waals surface area contributed by atoms with Gasteiger partial charge < -0.3 is 20.5 Å². The van der Waals surface area contributed by atoms with Gasteiger partial charge in [0.15, 0.2) is 0 Å². The van der Waals surface area contributed by atoms with Crippen LogP contribution in [0.25, 0.3) is 0 Å². The van der Waals surface area contributed by atoms with Gasteiger partial charge in [0.2, 0.25) is 0 Å². The third kappa shape index (κ3) is 2.60. The van der Waals surface area contributed by atoms with Crippen molar-refractivity contribution in [2.45, 2.75) is 0 Å². The highest BCUT2D eigenvalue weighted by Gasteiger charge is 2.06. The van der Waals surface area contributed by atoms with Crippen molar-refractivity contribution in [3.63, 3.8) is 0 Å². The number of nitrogens with zero attached hydrogens (tertiary/aromatic N) is 2. The molecule has 0 bridgehead atoms. The van der Waals surface area contributed by atoms with Gasteiger partial charge in [0, 0.05) is 12.1 Å². The molecule has 1 aromatic carbocycles. The van der Waals surface area contributed by atoms with E-state index in [1.165, 1.54) is 6.33 Å². The number of benzene rings is 1. The molecule has 6 heteroatoms. The van der Waals surface area contributed by atoms with E-state index in [1.54, 1.807) is 26.4 Å². The SMILES string of the molecule is COc1ccc(Nc2cc(N)ncn2)c(OC)c1. The molecule has 0 amide bonds. The number of nitrogens with one attached hydrogen (secondary N) is 1. The standard InChI is InChI=1S/C12H14N4O2/c1-17-8-3-4-9(10(5-8)18-2)16-12-6-11(13)14-7-15-12/h3-7H,1-2H3,(H3,13,14,15,16). The fourth-order valence-corrected chi connectivity index (χ4v) is 1.48. The molecule has 0 atom stereocenters. The Hall–Kier alpha value is -2.50. The lowest BCUT2D eigenvalue weighted by Gasteiger charge is -2.11. The zero-order valence-corrected chi connectivity index (χ0v) is 10.2. The summed E-state index contributed by atoms with van der Waals surface area (Å²) in [6.07, 6.45) is 1.40. The van der Waals surface area contributed by atoms with Crippen molar-refractivity contribution in [2.24, 2.45) is 0 Å². The van der Waals surface area contributed by atoms with Crippen LogP contribution in [0.3, 0.4) is 0 Å². The Kier molecular flexibility index (Phi) is 3.47. The van der Waals surface area contributed by atoms with E-state index in [2.05, 4.69) is 15.3 Å². The van der Waals surface area contributed by atoms with Crippen molar-refractivity contribution in [2.75, 3.05) is 25.3 Å². The van der Waals surface area contributed by atoms with E-state index in [1.807, 2.05) is 12.1 Å². The molecule has 0 spiro atoms. The first-order valence-electron chi connectivity index (χ1n) is 5.29. The molecule has 18 heavy (non-hydrogen) atoms. The molecule has 0 radical (unpaired) electrons. The summed E-state index contributed by atoms with van der Waals surface area (Å²) in [7, 11) is 3.20. The monoisotopic (exact) mass is 246 g/mol. The number of hydrogen-bond donors (Lipinski definition) is 2. The zero-order valence-electron chi connectivity index (χ0n) is 10.2. The Labute approximate surface area is 105 Å². The highest BCUT2D eigenvalue weighted by Crippen LogP contribution is 2.30. The molecule has 0 aliphatic rings. The molecule has 94 valence electrons. The van der Waals surface area contributed by atoms with E-state index in [9.17, 15) is 0 Å². The molecular formula is C12H14N4O2. The molecule has 1 aromatic heterocycles. The third-order valence-electron chi connectivity index (χ3n) is 2.36. The predicted molar refractivity (Wildman–Crippen MR) is 69.3 cm³/mol. The summed E-state index contributed by atoms with van der Waals surface area (Å²) in [6.45, 7) is 0. The van der Waals surface area contributed by atoms with Crippen molar-refractivity contribution in [3.8, 4) is 11.5 Å². The average molecular weight is 246 g/mol. The van der Waals surface area contributed by atoms with Crippen LogP contribution in [0.1, 0.15) is 0 Å². The molecule has 0 saturated carbocycles. The molecule has 1 heterocycles. The average Bonchev–Trinajstić information content (AvgIpc) is 2.39. The summed E-state index contributed by atoms with van der Waals surface area (Å²) in [6, 6.07) is 7.10. The number of anilines is 3. The first-order chi connectivity index (χ1) is 8.72. The number of nitrogens with two attached hydrogens (primary N) is 1. The quantitative estimate of drug-likeness (QED) is 0.856. The van der Waals surface area contributed by atoms with E-state index in [-0.39, 0.29) is 0 Å². The Morgan fingerprint density at radius 1 is 1.11 bits per heavy atom. The number of aromatic nitrogens is 2. The molecular weight excluding hydrogens is 232 g/mol. The predicted octanol–water partition coefficient (Wildman–Crippen LogP) is 1.82. The van der Waals surface area contributed by atoms with Gasteiger partial charge in [-0.25, -0.2) is 9.97 Å². The van der Waals surface area contributed by atoms with Crippen LogP contribution >= 0.6 is 0 Å². The van der Waals surface area contributed by atoms with Gasteiger partial charge in [0.1, 0.15) is 29.5 Å². The fraction of sp³-hybridized carbons (Fsp3) is 0.167. The molecule has 0 fully saturated rings. The number of rotatable bonds is 4. The summed E-state index contributed by atoms with van der Waals surface area (Å²) >= 11 is 0. The van der Waals surface area contributed by atoms with Gasteiger partial charge in [0.05, 0.1) is 19.9 Å². The molecule has 0 saturated heterocycles. The highest BCUT2D eigenvalue weighted by molar-refractivity contribution is 5.66. The molecule has 0 unspecified atom stereocenters. The molecule has 3 N–H and O–H groups in total. The minimum atomic E-state index is 0.403. The second-order valence-electron chi connectivity index (χ2n) is 3.52. The van der Waals surface area contributed by atoms with Gasteiger partial charge in [-0.2, -0.15) is 0 Å². The van der Waals surface area contributed by atoms with Crippen molar-refractivity contribution < 1.29 is 9.47 Å². The second-order valence-corrected chi connectivity index (χ2v) is 3.52. The lowest BCUT2D eigenvalue weighted by molar-refractivity contribution is 0.395. The number of ether oxygens (including phenoxy) is 2. The molecule has 0 aliphatic carbocycles. The maximum Gasteiger partial charge on any atom is 0.146 e. The number of methoxy groups -OCH3 is 2. The first-order valence-corrected chi connectivity index (χ1v) is 5.29. The Bertz CT molecular complexity index is 545. The molecule has 2 rings (SSSR count). The van der Waals surface area contributed by atoms with Crippen molar-refractivity contribution in [1.82, 2.24) is 9.97 Å². The van der Waals surface area contributed by atoms with Crippen LogP contribution in [0, 0.1) is 0 Å². The minimum Gasteiger partial charge on any atom is -0.497 e. The summed E-state index contributed by atoms with van der Waals surface area (Å²) in [5.74, 6) is 2.39. The van der Waals surface area contributed by atoms with Gasteiger partial charge in [0.25, 0.3) is 0 Å². The molecule has 0 aliphatic heterocycles. The van der Waals surface area contributed by atoms with E-state index < -0.39 is 0 Å². The smallest absolute Gasteiger partial charge is 0.146 e. The normalized spacial score (nSPS) is 9.89. The largest absolute Gasteiger partial charge is 0.497 e. The van der Waals surface area contributed by atoms with Crippen LogP contribution in [0.2, 0.25) is 0 Å². The van der Waals surface area contributed by atoms with Crippen molar-refractivity contribution in [1.29, 1.82) is 0 Å². The fourth-order valence-electron chi connectivity index (χ4n) is 1.48. The Balaban J connectivity index is 2.28. The summed E-state index contributed by atoms with van der Waals surface area (Å²) < 4.78 is 10.4. The lowest BCUT2D eigenvalue weighted by atomic mass is 10.2. The van der Waals surface area contributed by atoms with Crippen LogP contribution < -0.4 is 20.5 Å². The van der Waals surface area contributed by atoms with Crippen LogP contribution in [-0.2, 0) is 0 Å². The van der Waals surface area contributed by atoms with Crippen LogP contribution in [-0.4, -0.2) is 24.2 Å². The maximum absolute atomic E-state index is 5.59. The summed E-state index contributed by atoms with van der Waals surface area (Å²) in [5, 5.41) is 3.10. The first kappa shape index (κ1) is 12.0. The lowest BCUT2D eigenvalue weighted by Crippen LogP contribution is -1.99. The van der Waals surface area contributed by atoms with Crippen molar-refractivity contribution in [3.05, 3.63) is 30.6 Å². The third-order valence-corrected chi connectivity index (χ3v) is 2.36. The van der Waals surface area contributed by atoms with E-state index in [0.29, 0.717) is 17.4 Å². The van der Waals surface area contributed by atoms with Crippen molar-refractivity contribution >= 4 is 17.3 Å². The van der Waals surface area contributed by atoms with Gasteiger partial charge in [-0.15, -0.1) is 0 Å². The molecule has 6 nitrogen and oxygen atoms in total.